The zero-order valence-corrected chi connectivity index (χ0v) is 11.9. The van der Waals surface area contributed by atoms with Gasteiger partial charge in [-0.3, -0.25) is 10.1 Å². The molecule has 1 aromatic carbocycles. The van der Waals surface area contributed by atoms with Gasteiger partial charge in [0.1, 0.15) is 0 Å². The molecule has 1 aromatic rings. The van der Waals surface area contributed by atoms with Crippen LogP contribution < -0.4 is 10.6 Å². The van der Waals surface area contributed by atoms with Gasteiger partial charge in [0.15, 0.2) is 0 Å². The fraction of sp³-hybridized carbons (Fsp3) is 0.500. The Morgan fingerprint density at radius 3 is 2.19 bits per heavy atom. The fourth-order valence-electron chi connectivity index (χ4n) is 1.91. The minimum atomic E-state index is -0.970. The van der Waals surface area contributed by atoms with Gasteiger partial charge in [0.2, 0.25) is 0 Å². The van der Waals surface area contributed by atoms with Crippen molar-refractivity contribution < 1.29 is 14.8 Å². The van der Waals surface area contributed by atoms with E-state index in [1.54, 1.807) is 12.1 Å². The molecule has 0 fully saturated rings. The molecule has 3 N–H and O–H groups in total. The number of non-ortho nitro benzene ring substituents is 1. The average molecular weight is 295 g/mol. The largest absolute Gasteiger partial charge is 0.465 e. The van der Waals surface area contributed by atoms with Crippen molar-refractivity contribution in [3.63, 3.8) is 0 Å². The Bertz CT molecular complexity index is 448. The standard InChI is InChI=1S/C14H21N3O4/c18-14(19)16-11-5-3-1-2-4-10-15-12-6-8-13(9-7-12)17(20)21/h6-9,15-16H,1-5,10-11H2,(H,18,19). The van der Waals surface area contributed by atoms with Crippen molar-refractivity contribution in [3.8, 4) is 0 Å². The number of hydrogen-bond donors (Lipinski definition) is 3. The molecule has 7 heteroatoms. The maximum absolute atomic E-state index is 10.5. The van der Waals surface area contributed by atoms with Gasteiger partial charge in [-0.05, 0) is 25.0 Å². The lowest BCUT2D eigenvalue weighted by molar-refractivity contribution is -0.384. The number of rotatable bonds is 10. The molecule has 0 atom stereocenters. The van der Waals surface area contributed by atoms with E-state index in [9.17, 15) is 14.9 Å². The van der Waals surface area contributed by atoms with Gasteiger partial charge < -0.3 is 15.7 Å². The van der Waals surface area contributed by atoms with Crippen LogP contribution in [0.1, 0.15) is 32.1 Å². The molecule has 0 bridgehead atoms. The molecule has 0 saturated heterocycles. The first-order valence-corrected chi connectivity index (χ1v) is 7.04. The number of hydrogen-bond acceptors (Lipinski definition) is 4. The van der Waals surface area contributed by atoms with Gasteiger partial charge in [0.05, 0.1) is 4.92 Å². The topological polar surface area (TPSA) is 104 Å². The monoisotopic (exact) mass is 295 g/mol. The van der Waals surface area contributed by atoms with Crippen molar-refractivity contribution in [2.24, 2.45) is 0 Å². The minimum absolute atomic E-state index is 0.0931. The first-order valence-electron chi connectivity index (χ1n) is 7.04. The number of carboxylic acid groups (broad SMARTS) is 1. The van der Waals surface area contributed by atoms with E-state index in [-0.39, 0.29) is 5.69 Å². The molecular formula is C14H21N3O4. The van der Waals surface area contributed by atoms with Gasteiger partial charge in [0.25, 0.3) is 5.69 Å². The van der Waals surface area contributed by atoms with Gasteiger partial charge in [-0.2, -0.15) is 0 Å². The summed E-state index contributed by atoms with van der Waals surface area (Å²) in [7, 11) is 0. The molecule has 0 spiro atoms. The SMILES string of the molecule is O=C(O)NCCCCCCCNc1ccc([N+](=O)[O-])cc1. The van der Waals surface area contributed by atoms with Crippen molar-refractivity contribution in [2.75, 3.05) is 18.4 Å². The Labute approximate surface area is 123 Å². The van der Waals surface area contributed by atoms with Crippen LogP contribution in [0.5, 0.6) is 0 Å². The Hall–Kier alpha value is -2.31. The van der Waals surface area contributed by atoms with E-state index in [1.807, 2.05) is 0 Å². The number of nitrogens with zero attached hydrogens (tertiary/aromatic N) is 1. The summed E-state index contributed by atoms with van der Waals surface area (Å²) in [6.07, 6.45) is 4.07. The average Bonchev–Trinajstić information content (AvgIpc) is 2.45. The van der Waals surface area contributed by atoms with Gasteiger partial charge in [-0.25, -0.2) is 4.79 Å². The highest BCUT2D eigenvalue weighted by Crippen LogP contribution is 2.15. The van der Waals surface area contributed by atoms with Gasteiger partial charge >= 0.3 is 6.09 Å². The summed E-state index contributed by atoms with van der Waals surface area (Å²) < 4.78 is 0. The first-order chi connectivity index (χ1) is 10.1. The molecule has 7 nitrogen and oxygen atoms in total. The summed E-state index contributed by atoms with van der Waals surface area (Å²) in [6, 6.07) is 6.38. The number of amides is 1. The van der Waals surface area contributed by atoms with Gasteiger partial charge in [-0.1, -0.05) is 19.3 Å². The van der Waals surface area contributed by atoms with Crippen LogP contribution >= 0.6 is 0 Å². The van der Waals surface area contributed by atoms with E-state index in [4.69, 9.17) is 5.11 Å². The van der Waals surface area contributed by atoms with Crippen LogP contribution in [-0.2, 0) is 0 Å². The molecule has 0 aliphatic rings. The number of anilines is 1. The second-order valence-corrected chi connectivity index (χ2v) is 4.73. The third-order valence-corrected chi connectivity index (χ3v) is 3.04. The fourth-order valence-corrected chi connectivity index (χ4v) is 1.91. The highest BCUT2D eigenvalue weighted by molar-refractivity contribution is 5.64. The predicted octanol–water partition coefficient (Wildman–Crippen LogP) is 3.22. The van der Waals surface area contributed by atoms with E-state index >= 15 is 0 Å². The molecule has 0 heterocycles. The Morgan fingerprint density at radius 1 is 1.05 bits per heavy atom. The van der Waals surface area contributed by atoms with E-state index in [2.05, 4.69) is 10.6 Å². The maximum atomic E-state index is 10.5. The van der Waals surface area contributed by atoms with Crippen LogP contribution in [0.25, 0.3) is 0 Å². The molecule has 1 amide bonds. The molecule has 116 valence electrons. The van der Waals surface area contributed by atoms with Crippen molar-refractivity contribution >= 4 is 17.5 Å². The van der Waals surface area contributed by atoms with Crippen molar-refractivity contribution in [2.45, 2.75) is 32.1 Å². The molecule has 0 aliphatic heterocycles. The van der Waals surface area contributed by atoms with E-state index in [1.165, 1.54) is 12.1 Å². The number of nitro groups is 1. The molecule has 0 unspecified atom stereocenters. The second-order valence-electron chi connectivity index (χ2n) is 4.73. The smallest absolute Gasteiger partial charge is 0.404 e. The van der Waals surface area contributed by atoms with E-state index < -0.39 is 11.0 Å². The van der Waals surface area contributed by atoms with Gasteiger partial charge in [-0.15, -0.1) is 0 Å². The lowest BCUT2D eigenvalue weighted by atomic mass is 10.1. The maximum Gasteiger partial charge on any atom is 0.404 e. The normalized spacial score (nSPS) is 10.1. The molecule has 1 rings (SSSR count). The van der Waals surface area contributed by atoms with Crippen LogP contribution in [0.4, 0.5) is 16.2 Å². The number of carbonyl (C=O) groups is 1. The molecule has 0 aromatic heterocycles. The number of benzene rings is 1. The number of nitrogens with one attached hydrogen (secondary N) is 2. The summed E-state index contributed by atoms with van der Waals surface area (Å²) in [4.78, 5) is 20.3. The summed E-state index contributed by atoms with van der Waals surface area (Å²) in [5.41, 5.74) is 0.974. The Kier molecular flexibility index (Phi) is 7.63. The minimum Gasteiger partial charge on any atom is -0.465 e. The summed E-state index contributed by atoms with van der Waals surface area (Å²) in [6.45, 7) is 1.33. The molecule has 0 aliphatic carbocycles. The highest BCUT2D eigenvalue weighted by atomic mass is 16.6. The zero-order chi connectivity index (χ0) is 15.5. The highest BCUT2D eigenvalue weighted by Gasteiger charge is 2.03. The molecular weight excluding hydrogens is 274 g/mol. The predicted molar refractivity (Wildman–Crippen MR) is 80.7 cm³/mol. The molecule has 0 saturated carbocycles. The summed E-state index contributed by atoms with van der Waals surface area (Å²) in [5, 5.41) is 24.4. The van der Waals surface area contributed by atoms with Crippen LogP contribution in [-0.4, -0.2) is 29.2 Å². The Balaban J connectivity index is 2.01. The van der Waals surface area contributed by atoms with Crippen LogP contribution in [0.3, 0.4) is 0 Å². The quantitative estimate of drug-likeness (QED) is 0.349. The lowest BCUT2D eigenvalue weighted by Crippen LogP contribution is -2.21. The summed E-state index contributed by atoms with van der Waals surface area (Å²) >= 11 is 0. The van der Waals surface area contributed by atoms with Crippen molar-refractivity contribution in [1.82, 2.24) is 5.32 Å². The van der Waals surface area contributed by atoms with E-state index in [0.29, 0.717) is 6.54 Å². The second kappa shape index (κ2) is 9.57. The number of nitro benzene ring substituents is 1. The van der Waals surface area contributed by atoms with Crippen molar-refractivity contribution in [3.05, 3.63) is 34.4 Å². The Morgan fingerprint density at radius 2 is 1.62 bits per heavy atom. The first kappa shape index (κ1) is 16.7. The summed E-state index contributed by atoms with van der Waals surface area (Å²) in [5.74, 6) is 0. The lowest BCUT2D eigenvalue weighted by Gasteiger charge is -2.06. The van der Waals surface area contributed by atoms with Crippen LogP contribution in [0, 0.1) is 10.1 Å². The third kappa shape index (κ3) is 7.76. The molecule has 21 heavy (non-hydrogen) atoms. The van der Waals surface area contributed by atoms with Crippen LogP contribution in [0.2, 0.25) is 0 Å². The molecule has 0 radical (unpaired) electrons. The van der Waals surface area contributed by atoms with Crippen molar-refractivity contribution in [1.29, 1.82) is 0 Å². The zero-order valence-electron chi connectivity index (χ0n) is 11.9. The van der Waals surface area contributed by atoms with Gasteiger partial charge in [0, 0.05) is 30.9 Å². The third-order valence-electron chi connectivity index (χ3n) is 3.04. The van der Waals surface area contributed by atoms with E-state index in [0.717, 1.165) is 44.3 Å². The number of unbranched alkanes of at least 4 members (excludes halogenated alkanes) is 4. The van der Waals surface area contributed by atoms with Crippen LogP contribution in [0.15, 0.2) is 24.3 Å².